The Hall–Kier alpha value is -2.24. The summed E-state index contributed by atoms with van der Waals surface area (Å²) in [6.45, 7) is 7.61. The minimum Gasteiger partial charge on any atom is -0.329 e. The Morgan fingerprint density at radius 3 is 2.54 bits per heavy atom. The predicted molar refractivity (Wildman–Crippen MR) is 95.7 cm³/mol. The molecule has 1 saturated heterocycles. The number of fused-ring (bicyclic) bond motifs is 1. The van der Waals surface area contributed by atoms with Gasteiger partial charge in [-0.2, -0.15) is 0 Å². The summed E-state index contributed by atoms with van der Waals surface area (Å²) in [5.74, 6) is 0. The van der Waals surface area contributed by atoms with Crippen LogP contribution in [0.15, 0.2) is 55.1 Å². The Bertz CT molecular complexity index is 775. The van der Waals surface area contributed by atoms with Crippen LogP contribution < -0.4 is 0 Å². The van der Waals surface area contributed by atoms with Gasteiger partial charge in [0.05, 0.1) is 17.4 Å². The largest absolute Gasteiger partial charge is 0.329 e. The first-order valence-corrected chi connectivity index (χ1v) is 8.62. The molecular formula is C19H23N5. The van der Waals surface area contributed by atoms with Crippen LogP contribution in [-0.2, 0) is 13.1 Å². The third kappa shape index (κ3) is 3.47. The first-order valence-electron chi connectivity index (χ1n) is 8.62. The molecule has 0 saturated carbocycles. The molecule has 2 aromatic heterocycles. The van der Waals surface area contributed by atoms with Gasteiger partial charge in [-0.15, -0.1) is 0 Å². The van der Waals surface area contributed by atoms with E-state index in [-0.39, 0.29) is 0 Å². The van der Waals surface area contributed by atoms with Crippen molar-refractivity contribution >= 4 is 11.0 Å². The third-order valence-corrected chi connectivity index (χ3v) is 4.78. The summed E-state index contributed by atoms with van der Waals surface area (Å²) in [6, 6.07) is 12.5. The summed E-state index contributed by atoms with van der Waals surface area (Å²) in [5.41, 5.74) is 3.61. The van der Waals surface area contributed by atoms with Crippen molar-refractivity contribution in [2.45, 2.75) is 13.1 Å². The molecule has 0 aliphatic carbocycles. The molecule has 0 N–H and O–H groups in total. The van der Waals surface area contributed by atoms with Gasteiger partial charge in [0.1, 0.15) is 0 Å². The molecule has 1 aliphatic heterocycles. The van der Waals surface area contributed by atoms with E-state index in [4.69, 9.17) is 0 Å². The fourth-order valence-electron chi connectivity index (χ4n) is 3.36. The molecule has 3 heterocycles. The van der Waals surface area contributed by atoms with E-state index in [1.54, 1.807) is 0 Å². The number of imidazole rings is 1. The van der Waals surface area contributed by atoms with Crippen molar-refractivity contribution in [1.82, 2.24) is 24.3 Å². The van der Waals surface area contributed by atoms with Crippen LogP contribution in [0.2, 0.25) is 0 Å². The monoisotopic (exact) mass is 321 g/mol. The molecule has 1 aliphatic rings. The number of piperazine rings is 1. The molecule has 0 amide bonds. The molecule has 0 radical (unpaired) electrons. The Kier molecular flexibility index (Phi) is 4.53. The van der Waals surface area contributed by atoms with Gasteiger partial charge in [-0.05, 0) is 23.8 Å². The van der Waals surface area contributed by atoms with E-state index in [1.165, 1.54) is 11.1 Å². The van der Waals surface area contributed by atoms with Crippen molar-refractivity contribution in [2.75, 3.05) is 32.7 Å². The van der Waals surface area contributed by atoms with Crippen molar-refractivity contribution in [3.05, 3.63) is 60.7 Å². The number of benzene rings is 1. The molecule has 124 valence electrons. The van der Waals surface area contributed by atoms with Crippen molar-refractivity contribution < 1.29 is 0 Å². The van der Waals surface area contributed by atoms with Crippen LogP contribution in [0.25, 0.3) is 11.0 Å². The van der Waals surface area contributed by atoms with Gasteiger partial charge in [0.2, 0.25) is 0 Å². The summed E-state index contributed by atoms with van der Waals surface area (Å²) >= 11 is 0. The average Bonchev–Trinajstić information content (AvgIpc) is 3.05. The summed E-state index contributed by atoms with van der Waals surface area (Å²) < 4.78 is 2.26. The quantitative estimate of drug-likeness (QED) is 0.722. The van der Waals surface area contributed by atoms with Crippen LogP contribution in [0.1, 0.15) is 5.56 Å². The molecule has 1 aromatic carbocycles. The number of hydrogen-bond acceptors (Lipinski definition) is 4. The van der Waals surface area contributed by atoms with E-state index in [1.807, 2.05) is 30.9 Å². The zero-order valence-corrected chi connectivity index (χ0v) is 13.9. The van der Waals surface area contributed by atoms with E-state index in [0.717, 1.165) is 51.3 Å². The number of hydrogen-bond donors (Lipinski definition) is 0. The normalized spacial score (nSPS) is 16.7. The van der Waals surface area contributed by atoms with E-state index >= 15 is 0 Å². The maximum absolute atomic E-state index is 4.47. The summed E-state index contributed by atoms with van der Waals surface area (Å²) in [7, 11) is 0. The lowest BCUT2D eigenvalue weighted by molar-refractivity contribution is 0.124. The summed E-state index contributed by atoms with van der Waals surface area (Å²) in [5, 5.41) is 0. The highest BCUT2D eigenvalue weighted by atomic mass is 15.3. The topological polar surface area (TPSA) is 37.2 Å². The number of rotatable bonds is 5. The molecule has 0 spiro atoms. The molecule has 0 bridgehead atoms. The highest BCUT2D eigenvalue weighted by Crippen LogP contribution is 2.12. The lowest BCUT2D eigenvalue weighted by Crippen LogP contribution is -2.46. The number of aromatic nitrogens is 3. The number of nitrogens with zero attached hydrogens (tertiary/aromatic N) is 5. The van der Waals surface area contributed by atoms with Crippen LogP contribution in [0, 0.1) is 0 Å². The third-order valence-electron chi connectivity index (χ3n) is 4.78. The predicted octanol–water partition coefficient (Wildman–Crippen LogP) is 2.25. The molecule has 4 rings (SSSR count). The molecule has 0 atom stereocenters. The van der Waals surface area contributed by atoms with E-state index in [2.05, 4.69) is 48.6 Å². The van der Waals surface area contributed by atoms with Crippen molar-refractivity contribution in [1.29, 1.82) is 0 Å². The molecular weight excluding hydrogens is 298 g/mol. The Morgan fingerprint density at radius 1 is 0.875 bits per heavy atom. The minimum atomic E-state index is 1.00. The smallest absolute Gasteiger partial charge is 0.0958 e. The van der Waals surface area contributed by atoms with E-state index in [9.17, 15) is 0 Å². The van der Waals surface area contributed by atoms with Gasteiger partial charge in [-0.25, -0.2) is 4.98 Å². The van der Waals surface area contributed by atoms with Crippen LogP contribution in [0.4, 0.5) is 0 Å². The Morgan fingerprint density at radius 2 is 1.71 bits per heavy atom. The Labute approximate surface area is 142 Å². The lowest BCUT2D eigenvalue weighted by Gasteiger charge is -2.34. The van der Waals surface area contributed by atoms with Crippen LogP contribution in [0.3, 0.4) is 0 Å². The highest BCUT2D eigenvalue weighted by Gasteiger charge is 2.17. The second-order valence-corrected chi connectivity index (χ2v) is 6.41. The zero-order valence-electron chi connectivity index (χ0n) is 13.9. The summed E-state index contributed by atoms with van der Waals surface area (Å²) in [4.78, 5) is 13.7. The second kappa shape index (κ2) is 7.11. The second-order valence-electron chi connectivity index (χ2n) is 6.41. The van der Waals surface area contributed by atoms with Gasteiger partial charge in [0.15, 0.2) is 0 Å². The molecule has 0 unspecified atom stereocenters. The number of pyridine rings is 1. The van der Waals surface area contributed by atoms with Gasteiger partial charge in [-0.1, -0.05) is 18.2 Å². The van der Waals surface area contributed by atoms with Gasteiger partial charge >= 0.3 is 0 Å². The fourth-order valence-corrected chi connectivity index (χ4v) is 3.36. The minimum absolute atomic E-state index is 1.00. The average molecular weight is 321 g/mol. The fraction of sp³-hybridized carbons (Fsp3) is 0.368. The van der Waals surface area contributed by atoms with Gasteiger partial charge in [0.25, 0.3) is 0 Å². The Balaban J connectivity index is 1.27. The van der Waals surface area contributed by atoms with Crippen LogP contribution in [-0.4, -0.2) is 57.1 Å². The molecule has 5 heteroatoms. The van der Waals surface area contributed by atoms with Crippen molar-refractivity contribution in [3.8, 4) is 0 Å². The summed E-state index contributed by atoms with van der Waals surface area (Å²) in [6.07, 6.45) is 5.76. The van der Waals surface area contributed by atoms with Crippen molar-refractivity contribution in [2.24, 2.45) is 0 Å². The first-order chi connectivity index (χ1) is 11.9. The highest BCUT2D eigenvalue weighted by molar-refractivity contribution is 5.74. The van der Waals surface area contributed by atoms with Gasteiger partial charge in [-0.3, -0.25) is 14.8 Å². The van der Waals surface area contributed by atoms with E-state index < -0.39 is 0 Å². The molecule has 5 nitrogen and oxygen atoms in total. The van der Waals surface area contributed by atoms with Crippen LogP contribution >= 0.6 is 0 Å². The maximum atomic E-state index is 4.47. The van der Waals surface area contributed by atoms with Gasteiger partial charge < -0.3 is 4.57 Å². The zero-order chi connectivity index (χ0) is 16.2. The van der Waals surface area contributed by atoms with Crippen molar-refractivity contribution in [3.63, 3.8) is 0 Å². The SMILES string of the molecule is c1cncc(CN2CCN(CCn3cnc4ccccc43)CC2)c1. The standard InChI is InChI=1S/C19H23N5/c1-2-6-19-18(5-1)21-16-24(19)13-12-22-8-10-23(11-9-22)15-17-4-3-7-20-14-17/h1-7,14,16H,8-13,15H2. The van der Waals surface area contributed by atoms with Gasteiger partial charge in [0, 0.05) is 58.2 Å². The molecule has 3 aromatic rings. The lowest BCUT2D eigenvalue weighted by atomic mass is 10.2. The molecule has 24 heavy (non-hydrogen) atoms. The maximum Gasteiger partial charge on any atom is 0.0958 e. The number of para-hydroxylation sites is 2. The van der Waals surface area contributed by atoms with E-state index in [0.29, 0.717) is 0 Å². The molecule has 1 fully saturated rings. The van der Waals surface area contributed by atoms with Crippen LogP contribution in [0.5, 0.6) is 0 Å². The first kappa shape index (κ1) is 15.3.